The van der Waals surface area contributed by atoms with Crippen LogP contribution in [0.2, 0.25) is 0 Å². The van der Waals surface area contributed by atoms with Crippen molar-refractivity contribution in [3.63, 3.8) is 0 Å². The summed E-state index contributed by atoms with van der Waals surface area (Å²) in [5.74, 6) is -0.0128. The lowest BCUT2D eigenvalue weighted by Gasteiger charge is -2.50. The molecule has 8 nitrogen and oxygen atoms in total. The summed E-state index contributed by atoms with van der Waals surface area (Å²) in [4.78, 5) is 14.4. The van der Waals surface area contributed by atoms with Gasteiger partial charge in [0.05, 0.1) is 18.6 Å². The van der Waals surface area contributed by atoms with Gasteiger partial charge in [-0.3, -0.25) is 4.79 Å². The molecule has 0 aromatic carbocycles. The quantitative estimate of drug-likeness (QED) is 0.263. The lowest BCUT2D eigenvalue weighted by atomic mass is 9.55. The zero-order valence-corrected chi connectivity index (χ0v) is 18.0. The van der Waals surface area contributed by atoms with Crippen LogP contribution in [0.3, 0.4) is 0 Å². The van der Waals surface area contributed by atoms with Gasteiger partial charge in [0.2, 0.25) is 0 Å². The van der Waals surface area contributed by atoms with Crippen LogP contribution in [-0.2, 0) is 9.53 Å². The van der Waals surface area contributed by atoms with Crippen molar-refractivity contribution in [2.45, 2.75) is 69.5 Å². The molecule has 0 aromatic rings. The highest BCUT2D eigenvalue weighted by Gasteiger charge is 2.55. The number of allylic oxidation sites excluding steroid dienone is 1. The Labute approximate surface area is 178 Å². The van der Waals surface area contributed by atoms with Crippen LogP contribution in [0.25, 0.3) is 0 Å². The molecule has 30 heavy (non-hydrogen) atoms. The lowest BCUT2D eigenvalue weighted by molar-refractivity contribution is -0.146. The maximum Gasteiger partial charge on any atom is 0.310 e. The molecule has 0 spiro atoms. The highest BCUT2D eigenvalue weighted by molar-refractivity contribution is 5.75. The predicted octanol–water partition coefficient (Wildman–Crippen LogP) is -0.332. The number of nitrogens with zero attached hydrogens (tertiary/aromatic N) is 1. The van der Waals surface area contributed by atoms with E-state index in [1.54, 1.807) is 11.9 Å². The predicted molar refractivity (Wildman–Crippen MR) is 109 cm³/mol. The number of carbonyl (C=O) groups is 1. The summed E-state index contributed by atoms with van der Waals surface area (Å²) in [5, 5.41) is 48.4. The van der Waals surface area contributed by atoms with Crippen molar-refractivity contribution in [3.8, 4) is 0 Å². The maximum absolute atomic E-state index is 12.6. The van der Waals surface area contributed by atoms with Gasteiger partial charge in [-0.15, -0.1) is 0 Å². The zero-order valence-electron chi connectivity index (χ0n) is 18.0. The maximum atomic E-state index is 12.6. The Morgan fingerprint density at radius 1 is 1.23 bits per heavy atom. The Kier molecular flexibility index (Phi) is 7.26. The SMILES string of the molecule is C=C1CCC[C@]2(C)C[C@H]3OC(=O)[C@H](CN(C)C[C@@H](O)[C@H](O)[C@H](O)[C@H](O)CO)[C@H]3C[C@@H]12. The fourth-order valence-corrected chi connectivity index (χ4v) is 5.87. The van der Waals surface area contributed by atoms with Crippen molar-refractivity contribution in [2.24, 2.45) is 23.2 Å². The van der Waals surface area contributed by atoms with Gasteiger partial charge >= 0.3 is 5.97 Å². The minimum Gasteiger partial charge on any atom is -0.462 e. The minimum atomic E-state index is -1.66. The monoisotopic (exact) mass is 427 g/mol. The molecule has 0 bridgehead atoms. The standard InChI is InChI=1S/C22H37NO7/c1-12-5-4-6-22(2)8-18-13(7-15(12)22)14(21(29)30-18)9-23(3)10-16(25)19(27)20(28)17(26)11-24/h13-20,24-28H,1,4-11H2,2-3H3/t13-,14-,15+,16-,17-,18-,19+,20-,22-/m1/s1. The van der Waals surface area contributed by atoms with Crippen LogP contribution in [-0.4, -0.2) is 93.7 Å². The molecule has 2 aliphatic carbocycles. The second-order valence-corrected chi connectivity index (χ2v) is 9.92. The Morgan fingerprint density at radius 2 is 1.90 bits per heavy atom. The number of likely N-dealkylation sites (N-methyl/N-ethyl adjacent to an activating group) is 1. The van der Waals surface area contributed by atoms with Crippen molar-refractivity contribution >= 4 is 5.97 Å². The van der Waals surface area contributed by atoms with Crippen LogP contribution in [0.1, 0.15) is 39.0 Å². The molecule has 2 saturated carbocycles. The summed E-state index contributed by atoms with van der Waals surface area (Å²) in [5.41, 5.74) is 1.42. The van der Waals surface area contributed by atoms with E-state index in [2.05, 4.69) is 13.5 Å². The van der Waals surface area contributed by atoms with Crippen molar-refractivity contribution in [2.75, 3.05) is 26.7 Å². The van der Waals surface area contributed by atoms with E-state index < -0.39 is 31.0 Å². The summed E-state index contributed by atoms with van der Waals surface area (Å²) in [7, 11) is 1.73. The van der Waals surface area contributed by atoms with Gasteiger partial charge in [0, 0.05) is 19.0 Å². The molecule has 0 unspecified atom stereocenters. The molecule has 0 amide bonds. The van der Waals surface area contributed by atoms with E-state index in [1.165, 1.54) is 5.57 Å². The van der Waals surface area contributed by atoms with Gasteiger partial charge in [0.15, 0.2) is 0 Å². The third-order valence-electron chi connectivity index (χ3n) is 7.65. The van der Waals surface area contributed by atoms with Crippen LogP contribution in [0, 0.1) is 23.2 Å². The first-order valence-corrected chi connectivity index (χ1v) is 11.0. The van der Waals surface area contributed by atoms with Crippen LogP contribution in [0.4, 0.5) is 0 Å². The highest BCUT2D eigenvalue weighted by atomic mass is 16.6. The highest BCUT2D eigenvalue weighted by Crippen LogP contribution is 2.56. The molecule has 172 valence electrons. The smallest absolute Gasteiger partial charge is 0.310 e. The molecule has 8 heteroatoms. The van der Waals surface area contributed by atoms with E-state index in [9.17, 15) is 25.2 Å². The average molecular weight is 428 g/mol. The minimum absolute atomic E-state index is 0.00535. The molecule has 1 aliphatic heterocycles. The van der Waals surface area contributed by atoms with Gasteiger partial charge in [0.1, 0.15) is 24.4 Å². The van der Waals surface area contributed by atoms with E-state index in [1.807, 2.05) is 0 Å². The number of carbonyl (C=O) groups excluding carboxylic acids is 1. The molecule has 3 fully saturated rings. The Bertz CT molecular complexity index is 643. The fourth-order valence-electron chi connectivity index (χ4n) is 5.87. The van der Waals surface area contributed by atoms with Gasteiger partial charge < -0.3 is 35.2 Å². The van der Waals surface area contributed by atoms with Crippen LogP contribution >= 0.6 is 0 Å². The summed E-state index contributed by atoms with van der Waals surface area (Å²) in [6.45, 7) is 6.25. The molecular weight excluding hydrogens is 390 g/mol. The number of rotatable bonds is 8. The zero-order chi connectivity index (χ0) is 22.2. The van der Waals surface area contributed by atoms with E-state index in [0.717, 1.165) is 32.1 Å². The first-order valence-electron chi connectivity index (χ1n) is 11.0. The molecular formula is C22H37NO7. The van der Waals surface area contributed by atoms with Crippen molar-refractivity contribution < 1.29 is 35.1 Å². The summed E-state index contributed by atoms with van der Waals surface area (Å²) in [6, 6.07) is 0. The molecule has 0 aromatic heterocycles. The number of hydrogen-bond acceptors (Lipinski definition) is 8. The molecule has 1 saturated heterocycles. The third kappa shape index (κ3) is 4.59. The number of aliphatic hydroxyl groups is 5. The van der Waals surface area contributed by atoms with Crippen molar-refractivity contribution in [1.82, 2.24) is 4.90 Å². The second kappa shape index (κ2) is 9.22. The number of esters is 1. The number of aliphatic hydroxyl groups excluding tert-OH is 5. The van der Waals surface area contributed by atoms with Gasteiger partial charge in [-0.2, -0.15) is 0 Å². The largest absolute Gasteiger partial charge is 0.462 e. The molecule has 3 aliphatic rings. The Hall–Kier alpha value is -1.03. The molecule has 0 radical (unpaired) electrons. The van der Waals surface area contributed by atoms with Crippen LogP contribution in [0.15, 0.2) is 12.2 Å². The Balaban J connectivity index is 1.61. The molecule has 5 N–H and O–H groups in total. The van der Waals surface area contributed by atoms with E-state index in [4.69, 9.17) is 9.84 Å². The normalized spacial score (nSPS) is 37.9. The van der Waals surface area contributed by atoms with Crippen LogP contribution in [0.5, 0.6) is 0 Å². The first kappa shape index (κ1) is 23.6. The van der Waals surface area contributed by atoms with Crippen molar-refractivity contribution in [3.05, 3.63) is 12.2 Å². The summed E-state index contributed by atoms with van der Waals surface area (Å²) in [6.07, 6.45) is -1.17. The van der Waals surface area contributed by atoms with E-state index in [0.29, 0.717) is 12.5 Å². The summed E-state index contributed by atoms with van der Waals surface area (Å²) >= 11 is 0. The second-order valence-electron chi connectivity index (χ2n) is 9.92. The van der Waals surface area contributed by atoms with Gasteiger partial charge in [-0.25, -0.2) is 0 Å². The number of fused-ring (bicyclic) bond motifs is 2. The van der Waals surface area contributed by atoms with E-state index in [-0.39, 0.29) is 35.9 Å². The number of hydrogen-bond donors (Lipinski definition) is 5. The van der Waals surface area contributed by atoms with Crippen LogP contribution < -0.4 is 0 Å². The third-order valence-corrected chi connectivity index (χ3v) is 7.65. The van der Waals surface area contributed by atoms with Gasteiger partial charge in [0.25, 0.3) is 0 Å². The van der Waals surface area contributed by atoms with Crippen molar-refractivity contribution in [1.29, 1.82) is 0 Å². The van der Waals surface area contributed by atoms with Gasteiger partial charge in [-0.05, 0) is 50.5 Å². The Morgan fingerprint density at radius 3 is 2.57 bits per heavy atom. The number of ether oxygens (including phenoxy) is 1. The van der Waals surface area contributed by atoms with E-state index >= 15 is 0 Å². The fraction of sp³-hybridized carbons (Fsp3) is 0.864. The first-order chi connectivity index (χ1) is 14.1. The van der Waals surface area contributed by atoms with Gasteiger partial charge in [-0.1, -0.05) is 19.1 Å². The molecule has 9 atom stereocenters. The average Bonchev–Trinajstić information content (AvgIpc) is 2.98. The lowest BCUT2D eigenvalue weighted by Crippen LogP contribution is -2.50. The molecule has 1 heterocycles. The summed E-state index contributed by atoms with van der Waals surface area (Å²) < 4.78 is 5.76. The molecule has 3 rings (SSSR count). The topological polar surface area (TPSA) is 131 Å².